The normalized spacial score (nSPS) is 18.6. The summed E-state index contributed by atoms with van der Waals surface area (Å²) in [6.07, 6.45) is 3.67. The Hall–Kier alpha value is -2.72. The number of hydrogen-bond donors (Lipinski definition) is 2. The van der Waals surface area contributed by atoms with Gasteiger partial charge in [0.15, 0.2) is 5.76 Å². The van der Waals surface area contributed by atoms with Crippen molar-refractivity contribution in [2.75, 3.05) is 19.6 Å². The Morgan fingerprint density at radius 3 is 2.59 bits per heavy atom. The maximum atomic E-state index is 13.3. The first-order valence-electron chi connectivity index (χ1n) is 10.8. The van der Waals surface area contributed by atoms with Crippen LogP contribution >= 0.6 is 0 Å². The van der Waals surface area contributed by atoms with Crippen molar-refractivity contribution in [1.82, 2.24) is 20.1 Å². The van der Waals surface area contributed by atoms with E-state index in [9.17, 15) is 18.0 Å². The van der Waals surface area contributed by atoms with Crippen LogP contribution in [0.4, 0.5) is 0 Å². The summed E-state index contributed by atoms with van der Waals surface area (Å²) < 4.78 is 32.8. The predicted octanol–water partition coefficient (Wildman–Crippen LogP) is 2.22. The SMILES string of the molecule is Cc1noc(C)c1S(=O)(=O)NCC(=O)N1CCCCCCNC(=O)CC1c1ccccc1. The number of rotatable bonds is 5. The average Bonchev–Trinajstić information content (AvgIpc) is 3.10. The van der Waals surface area contributed by atoms with Crippen LogP contribution in [0.5, 0.6) is 0 Å². The highest BCUT2D eigenvalue weighted by Crippen LogP contribution is 2.26. The second-order valence-corrected chi connectivity index (χ2v) is 9.66. The van der Waals surface area contributed by atoms with Gasteiger partial charge in [-0.2, -0.15) is 0 Å². The second kappa shape index (κ2) is 10.7. The Bertz CT molecular complexity index is 1020. The van der Waals surface area contributed by atoms with E-state index >= 15 is 0 Å². The molecule has 0 radical (unpaired) electrons. The fraction of sp³-hybridized carbons (Fsp3) is 0.500. The third-order valence-electron chi connectivity index (χ3n) is 5.56. The number of amides is 2. The van der Waals surface area contributed by atoms with Crippen molar-refractivity contribution < 1.29 is 22.5 Å². The van der Waals surface area contributed by atoms with Gasteiger partial charge in [0, 0.05) is 13.1 Å². The molecule has 1 aromatic heterocycles. The zero-order valence-corrected chi connectivity index (χ0v) is 19.3. The van der Waals surface area contributed by atoms with E-state index in [2.05, 4.69) is 15.2 Å². The van der Waals surface area contributed by atoms with Crippen LogP contribution in [0.1, 0.15) is 55.2 Å². The minimum absolute atomic E-state index is 0.0540. The van der Waals surface area contributed by atoms with Crippen LogP contribution < -0.4 is 10.0 Å². The van der Waals surface area contributed by atoms with Gasteiger partial charge in [-0.05, 0) is 32.3 Å². The molecule has 3 rings (SSSR count). The molecule has 0 spiro atoms. The smallest absolute Gasteiger partial charge is 0.246 e. The minimum atomic E-state index is -3.97. The lowest BCUT2D eigenvalue weighted by Crippen LogP contribution is -2.44. The molecule has 1 aromatic carbocycles. The molecule has 1 unspecified atom stereocenters. The van der Waals surface area contributed by atoms with Crippen molar-refractivity contribution in [2.24, 2.45) is 0 Å². The lowest BCUT2D eigenvalue weighted by atomic mass is 10.0. The summed E-state index contributed by atoms with van der Waals surface area (Å²) in [4.78, 5) is 27.4. The highest BCUT2D eigenvalue weighted by molar-refractivity contribution is 7.89. The zero-order chi connectivity index (χ0) is 23.1. The van der Waals surface area contributed by atoms with Crippen molar-refractivity contribution >= 4 is 21.8 Å². The Morgan fingerprint density at radius 2 is 1.91 bits per heavy atom. The zero-order valence-electron chi connectivity index (χ0n) is 18.5. The summed E-state index contributed by atoms with van der Waals surface area (Å²) in [5, 5.41) is 6.60. The summed E-state index contributed by atoms with van der Waals surface area (Å²) in [5.41, 5.74) is 1.07. The molecule has 1 aliphatic rings. The lowest BCUT2D eigenvalue weighted by molar-refractivity contribution is -0.134. The van der Waals surface area contributed by atoms with Gasteiger partial charge in [0.2, 0.25) is 21.8 Å². The molecule has 2 aromatic rings. The van der Waals surface area contributed by atoms with Crippen LogP contribution in [0, 0.1) is 13.8 Å². The molecule has 0 aliphatic carbocycles. The van der Waals surface area contributed by atoms with Crippen LogP contribution in [0.15, 0.2) is 39.8 Å². The van der Waals surface area contributed by atoms with Gasteiger partial charge in [0.05, 0.1) is 19.0 Å². The topological polar surface area (TPSA) is 122 Å². The third kappa shape index (κ3) is 5.95. The molecule has 0 bridgehead atoms. The maximum Gasteiger partial charge on any atom is 0.246 e. The van der Waals surface area contributed by atoms with E-state index in [4.69, 9.17) is 4.52 Å². The molecule has 2 N–H and O–H groups in total. The quantitative estimate of drug-likeness (QED) is 0.703. The molecule has 174 valence electrons. The molecule has 0 saturated carbocycles. The van der Waals surface area contributed by atoms with Crippen LogP contribution in [0.25, 0.3) is 0 Å². The predicted molar refractivity (Wildman–Crippen MR) is 118 cm³/mol. The highest BCUT2D eigenvalue weighted by Gasteiger charge is 2.30. The molecule has 32 heavy (non-hydrogen) atoms. The molecular weight excluding hydrogens is 432 g/mol. The lowest BCUT2D eigenvalue weighted by Gasteiger charge is -2.32. The Morgan fingerprint density at radius 1 is 1.19 bits per heavy atom. The summed E-state index contributed by atoms with van der Waals surface area (Å²) in [6, 6.07) is 8.88. The molecule has 1 saturated heterocycles. The monoisotopic (exact) mass is 462 g/mol. The van der Waals surface area contributed by atoms with Crippen molar-refractivity contribution in [3.05, 3.63) is 47.3 Å². The van der Waals surface area contributed by atoms with Gasteiger partial charge in [0.25, 0.3) is 0 Å². The summed E-state index contributed by atoms with van der Waals surface area (Å²) in [7, 11) is -3.97. The Balaban J connectivity index is 1.83. The van der Waals surface area contributed by atoms with Gasteiger partial charge < -0.3 is 14.7 Å². The summed E-state index contributed by atoms with van der Waals surface area (Å²) in [5.74, 6) is -0.354. The molecular formula is C22H30N4O5S. The number of nitrogens with zero attached hydrogens (tertiary/aromatic N) is 2. The molecule has 9 nitrogen and oxygen atoms in total. The van der Waals surface area contributed by atoms with Crippen molar-refractivity contribution in [2.45, 2.75) is 56.9 Å². The first-order chi connectivity index (χ1) is 15.3. The number of sulfonamides is 1. The van der Waals surface area contributed by atoms with Gasteiger partial charge in [-0.15, -0.1) is 0 Å². The summed E-state index contributed by atoms with van der Waals surface area (Å²) in [6.45, 7) is 3.68. The van der Waals surface area contributed by atoms with Crippen LogP contribution in [-0.2, 0) is 19.6 Å². The number of hydrogen-bond acceptors (Lipinski definition) is 6. The van der Waals surface area contributed by atoms with Crippen molar-refractivity contribution in [3.8, 4) is 0 Å². The van der Waals surface area contributed by atoms with E-state index in [1.807, 2.05) is 30.3 Å². The van der Waals surface area contributed by atoms with Crippen molar-refractivity contribution in [1.29, 1.82) is 0 Å². The van der Waals surface area contributed by atoms with E-state index in [0.717, 1.165) is 31.2 Å². The molecule has 1 aliphatic heterocycles. The van der Waals surface area contributed by atoms with Gasteiger partial charge >= 0.3 is 0 Å². The van der Waals surface area contributed by atoms with Gasteiger partial charge in [-0.1, -0.05) is 48.3 Å². The number of nitrogens with one attached hydrogen (secondary N) is 2. The van der Waals surface area contributed by atoms with Gasteiger partial charge in [0.1, 0.15) is 10.6 Å². The number of aryl methyl sites for hydroxylation is 2. The van der Waals surface area contributed by atoms with E-state index in [-0.39, 0.29) is 34.6 Å². The maximum absolute atomic E-state index is 13.3. The van der Waals surface area contributed by atoms with Gasteiger partial charge in [-0.25, -0.2) is 13.1 Å². The standard InChI is InChI=1S/C22H30N4O5S/c1-16-22(17(2)31-25-16)32(29,30)24-15-21(28)26-13-9-4-3-8-12-23-20(27)14-19(26)18-10-6-5-7-11-18/h5-7,10-11,19,24H,3-4,8-9,12-15H2,1-2H3,(H,23,27). The van der Waals surface area contributed by atoms with Crippen LogP contribution in [-0.4, -0.2) is 49.9 Å². The fourth-order valence-electron chi connectivity index (χ4n) is 3.96. The van der Waals surface area contributed by atoms with E-state index in [0.29, 0.717) is 13.1 Å². The molecule has 2 amide bonds. The number of carbonyl (C=O) groups is 2. The third-order valence-corrected chi connectivity index (χ3v) is 7.20. The number of aromatic nitrogens is 1. The average molecular weight is 463 g/mol. The number of carbonyl (C=O) groups excluding carboxylic acids is 2. The van der Waals surface area contributed by atoms with Gasteiger partial charge in [-0.3, -0.25) is 9.59 Å². The van der Waals surface area contributed by atoms with E-state index in [1.165, 1.54) is 13.8 Å². The molecule has 1 atom stereocenters. The Kier molecular flexibility index (Phi) is 8.03. The Labute approximate surface area is 188 Å². The van der Waals surface area contributed by atoms with Crippen LogP contribution in [0.3, 0.4) is 0 Å². The van der Waals surface area contributed by atoms with Crippen molar-refractivity contribution in [3.63, 3.8) is 0 Å². The van der Waals surface area contributed by atoms with E-state index < -0.39 is 22.6 Å². The molecule has 10 heteroatoms. The molecule has 1 fully saturated rings. The summed E-state index contributed by atoms with van der Waals surface area (Å²) >= 11 is 0. The first kappa shape index (κ1) is 23.9. The fourth-order valence-corrected chi connectivity index (χ4v) is 5.26. The highest BCUT2D eigenvalue weighted by atomic mass is 32.2. The largest absolute Gasteiger partial charge is 0.360 e. The number of benzene rings is 1. The molecule has 2 heterocycles. The minimum Gasteiger partial charge on any atom is -0.360 e. The first-order valence-corrected chi connectivity index (χ1v) is 12.3. The second-order valence-electron chi connectivity index (χ2n) is 7.96. The van der Waals surface area contributed by atoms with Crippen LogP contribution in [0.2, 0.25) is 0 Å². The van der Waals surface area contributed by atoms with E-state index in [1.54, 1.807) is 4.90 Å².